The predicted molar refractivity (Wildman–Crippen MR) is 141 cm³/mol. The molecule has 2 heterocycles. The number of halogens is 3. The molecular weight excluding hydrogens is 520 g/mol. The number of carbonyl (C=O) groups is 1. The standard InChI is InChI=1S/C26H22Cl2FN5O3/c1-36-18-5-2-15(3-6-18)12-31-14-20-22(8-9-32-25(20)30)37-23-7-4-17(11-21(23)29)34-26(35)19-10-16(27)13-33-24(19)28/h2-11,13,31H,12,14H2,1H3,(H2,30,32)(H,34,35). The van der Waals surface area contributed by atoms with Crippen molar-refractivity contribution in [2.45, 2.75) is 13.1 Å². The van der Waals surface area contributed by atoms with E-state index in [1.807, 2.05) is 24.3 Å². The highest BCUT2D eigenvalue weighted by atomic mass is 35.5. The van der Waals surface area contributed by atoms with E-state index in [4.69, 9.17) is 38.4 Å². The molecule has 0 fully saturated rings. The van der Waals surface area contributed by atoms with Crippen molar-refractivity contribution in [2.75, 3.05) is 18.2 Å². The van der Waals surface area contributed by atoms with Crippen LogP contribution in [0.2, 0.25) is 10.2 Å². The molecule has 4 rings (SSSR count). The Morgan fingerprint density at radius 3 is 2.54 bits per heavy atom. The second-order valence-electron chi connectivity index (χ2n) is 7.82. The molecule has 0 aliphatic heterocycles. The minimum Gasteiger partial charge on any atom is -0.497 e. The minimum absolute atomic E-state index is 0.0225. The molecule has 0 spiro atoms. The van der Waals surface area contributed by atoms with E-state index in [-0.39, 0.29) is 33.0 Å². The molecule has 0 saturated heterocycles. The zero-order valence-corrected chi connectivity index (χ0v) is 21.1. The van der Waals surface area contributed by atoms with Crippen molar-refractivity contribution >= 4 is 40.6 Å². The highest BCUT2D eigenvalue weighted by Gasteiger charge is 2.16. The van der Waals surface area contributed by atoms with Gasteiger partial charge >= 0.3 is 0 Å². The number of anilines is 2. The summed E-state index contributed by atoms with van der Waals surface area (Å²) in [4.78, 5) is 20.5. The van der Waals surface area contributed by atoms with Crippen LogP contribution in [0.25, 0.3) is 0 Å². The molecule has 2 aromatic carbocycles. The van der Waals surface area contributed by atoms with Gasteiger partial charge in [0.2, 0.25) is 0 Å². The average molecular weight is 542 g/mol. The third-order valence-electron chi connectivity index (χ3n) is 5.30. The van der Waals surface area contributed by atoms with Crippen LogP contribution in [0.3, 0.4) is 0 Å². The molecule has 0 aliphatic rings. The van der Waals surface area contributed by atoms with E-state index < -0.39 is 11.7 Å². The first-order chi connectivity index (χ1) is 17.8. The topological polar surface area (TPSA) is 111 Å². The van der Waals surface area contributed by atoms with Crippen LogP contribution in [0.4, 0.5) is 15.9 Å². The highest BCUT2D eigenvalue weighted by Crippen LogP contribution is 2.31. The fourth-order valence-electron chi connectivity index (χ4n) is 3.40. The fraction of sp³-hybridized carbons (Fsp3) is 0.115. The molecule has 190 valence electrons. The number of methoxy groups -OCH3 is 1. The van der Waals surface area contributed by atoms with Crippen molar-refractivity contribution in [1.82, 2.24) is 15.3 Å². The average Bonchev–Trinajstić information content (AvgIpc) is 2.89. The molecule has 0 saturated carbocycles. The summed E-state index contributed by atoms with van der Waals surface area (Å²) in [6.07, 6.45) is 2.80. The summed E-state index contributed by atoms with van der Waals surface area (Å²) in [6, 6.07) is 14.6. The maximum absolute atomic E-state index is 14.9. The van der Waals surface area contributed by atoms with E-state index in [1.165, 1.54) is 30.6 Å². The molecule has 0 aliphatic carbocycles. The van der Waals surface area contributed by atoms with Gasteiger partial charge in [0, 0.05) is 37.2 Å². The maximum atomic E-state index is 14.9. The molecule has 8 nitrogen and oxygen atoms in total. The van der Waals surface area contributed by atoms with Crippen molar-refractivity contribution in [1.29, 1.82) is 0 Å². The number of nitrogens with one attached hydrogen (secondary N) is 2. The Bertz CT molecular complexity index is 1420. The first-order valence-electron chi connectivity index (χ1n) is 11.0. The summed E-state index contributed by atoms with van der Waals surface area (Å²) in [5, 5.41) is 6.07. The zero-order valence-electron chi connectivity index (χ0n) is 19.6. The summed E-state index contributed by atoms with van der Waals surface area (Å²) < 4.78 is 25.9. The fourth-order valence-corrected chi connectivity index (χ4v) is 3.75. The van der Waals surface area contributed by atoms with Gasteiger partial charge in [-0.05, 0) is 42.0 Å². The van der Waals surface area contributed by atoms with Crippen molar-refractivity contribution in [2.24, 2.45) is 0 Å². The second-order valence-corrected chi connectivity index (χ2v) is 8.61. The van der Waals surface area contributed by atoms with Crippen LogP contribution in [-0.2, 0) is 13.1 Å². The van der Waals surface area contributed by atoms with Crippen LogP contribution in [-0.4, -0.2) is 23.0 Å². The Hall–Kier alpha value is -3.92. The maximum Gasteiger partial charge on any atom is 0.258 e. The van der Waals surface area contributed by atoms with Gasteiger partial charge in [-0.1, -0.05) is 35.3 Å². The van der Waals surface area contributed by atoms with Gasteiger partial charge in [-0.3, -0.25) is 4.79 Å². The first kappa shape index (κ1) is 26.2. The number of nitrogen functional groups attached to an aromatic ring is 1. The zero-order chi connectivity index (χ0) is 26.4. The number of hydrogen-bond acceptors (Lipinski definition) is 7. The largest absolute Gasteiger partial charge is 0.497 e. The number of carbonyl (C=O) groups excluding carboxylic acids is 1. The van der Waals surface area contributed by atoms with Crippen LogP contribution < -0.4 is 25.8 Å². The number of ether oxygens (including phenoxy) is 2. The van der Waals surface area contributed by atoms with Crippen molar-refractivity contribution in [3.05, 3.63) is 99.7 Å². The monoisotopic (exact) mass is 541 g/mol. The second kappa shape index (κ2) is 11.9. The van der Waals surface area contributed by atoms with Crippen molar-refractivity contribution in [3.63, 3.8) is 0 Å². The number of nitrogens with two attached hydrogens (primary N) is 1. The van der Waals surface area contributed by atoms with Gasteiger partial charge in [-0.15, -0.1) is 0 Å². The lowest BCUT2D eigenvalue weighted by Gasteiger charge is -2.15. The number of amides is 1. The summed E-state index contributed by atoms with van der Waals surface area (Å²) in [5.74, 6) is 0.0512. The van der Waals surface area contributed by atoms with Crippen LogP contribution in [0.5, 0.6) is 17.2 Å². The third kappa shape index (κ3) is 6.65. The molecule has 0 radical (unpaired) electrons. The van der Waals surface area contributed by atoms with Gasteiger partial charge < -0.3 is 25.8 Å². The third-order valence-corrected chi connectivity index (χ3v) is 5.80. The Labute approximate surface area is 222 Å². The number of benzene rings is 2. The summed E-state index contributed by atoms with van der Waals surface area (Å²) in [7, 11) is 1.61. The lowest BCUT2D eigenvalue weighted by atomic mass is 10.2. The molecule has 1 amide bonds. The number of rotatable bonds is 9. The molecule has 2 aromatic heterocycles. The molecule has 37 heavy (non-hydrogen) atoms. The smallest absolute Gasteiger partial charge is 0.258 e. The Morgan fingerprint density at radius 1 is 1.03 bits per heavy atom. The number of hydrogen-bond donors (Lipinski definition) is 3. The number of aromatic nitrogens is 2. The molecule has 0 unspecified atom stereocenters. The van der Waals surface area contributed by atoms with Crippen molar-refractivity contribution < 1.29 is 18.7 Å². The first-order valence-corrected chi connectivity index (χ1v) is 11.8. The number of nitrogens with zero attached hydrogens (tertiary/aromatic N) is 2. The minimum atomic E-state index is -0.694. The van der Waals surface area contributed by atoms with Crippen LogP contribution in [0.15, 0.2) is 67.0 Å². The van der Waals surface area contributed by atoms with Crippen LogP contribution in [0.1, 0.15) is 21.5 Å². The van der Waals surface area contributed by atoms with E-state index in [1.54, 1.807) is 13.2 Å². The van der Waals surface area contributed by atoms with Gasteiger partial charge in [0.15, 0.2) is 11.6 Å². The quantitative estimate of drug-likeness (QED) is 0.228. The molecule has 11 heteroatoms. The Balaban J connectivity index is 1.44. The Kier molecular flexibility index (Phi) is 8.39. The van der Waals surface area contributed by atoms with Gasteiger partial charge in [0.25, 0.3) is 5.91 Å². The lowest BCUT2D eigenvalue weighted by molar-refractivity contribution is 0.102. The SMILES string of the molecule is COc1ccc(CNCc2c(Oc3ccc(NC(=O)c4cc(Cl)cnc4Cl)cc3F)ccnc2N)cc1. The van der Waals surface area contributed by atoms with Gasteiger partial charge in [0.1, 0.15) is 22.5 Å². The van der Waals surface area contributed by atoms with E-state index in [0.717, 1.165) is 17.4 Å². The van der Waals surface area contributed by atoms with E-state index in [0.29, 0.717) is 24.4 Å². The van der Waals surface area contributed by atoms with E-state index in [9.17, 15) is 9.18 Å². The highest BCUT2D eigenvalue weighted by molar-refractivity contribution is 6.35. The molecule has 0 atom stereocenters. The van der Waals surface area contributed by atoms with Crippen molar-refractivity contribution in [3.8, 4) is 17.2 Å². The molecule has 4 aromatic rings. The summed E-state index contributed by atoms with van der Waals surface area (Å²) in [5.41, 5.74) is 7.96. The summed E-state index contributed by atoms with van der Waals surface area (Å²) in [6.45, 7) is 0.901. The van der Waals surface area contributed by atoms with Gasteiger partial charge in [0.05, 0.1) is 23.3 Å². The summed E-state index contributed by atoms with van der Waals surface area (Å²) >= 11 is 11.8. The van der Waals surface area contributed by atoms with E-state index in [2.05, 4.69) is 20.6 Å². The lowest BCUT2D eigenvalue weighted by Crippen LogP contribution is -2.15. The molecular formula is C26H22Cl2FN5O3. The van der Waals surface area contributed by atoms with Gasteiger partial charge in [-0.2, -0.15) is 0 Å². The predicted octanol–water partition coefficient (Wildman–Crippen LogP) is 5.85. The molecule has 0 bridgehead atoms. The normalized spacial score (nSPS) is 10.7. The van der Waals surface area contributed by atoms with E-state index >= 15 is 0 Å². The Morgan fingerprint density at radius 2 is 1.81 bits per heavy atom. The van der Waals surface area contributed by atoms with Gasteiger partial charge in [-0.25, -0.2) is 14.4 Å². The molecule has 4 N–H and O–H groups in total. The number of pyridine rings is 2. The van der Waals surface area contributed by atoms with Crippen LogP contribution in [0, 0.1) is 5.82 Å². The van der Waals surface area contributed by atoms with Crippen LogP contribution >= 0.6 is 23.2 Å².